The molecule has 0 aliphatic heterocycles. The molecule has 2 nitrogen and oxygen atoms in total. The van der Waals surface area contributed by atoms with Crippen molar-refractivity contribution in [2.24, 2.45) is 5.73 Å². The van der Waals surface area contributed by atoms with Gasteiger partial charge in [-0.1, -0.05) is 35.0 Å². The molecule has 0 amide bonds. The minimum atomic E-state index is 0.194. The first-order valence-corrected chi connectivity index (χ1v) is 8.56. The zero-order valence-corrected chi connectivity index (χ0v) is 15.4. The number of aryl methyl sites for hydroxylation is 1. The molecule has 0 saturated carbocycles. The number of hydrogen-bond acceptors (Lipinski definition) is 2. The molecule has 0 saturated heterocycles. The van der Waals surface area contributed by atoms with Crippen LogP contribution in [-0.4, -0.2) is 6.04 Å². The van der Waals surface area contributed by atoms with Crippen molar-refractivity contribution in [3.63, 3.8) is 0 Å². The summed E-state index contributed by atoms with van der Waals surface area (Å²) in [6, 6.07) is 12.3. The van der Waals surface area contributed by atoms with Gasteiger partial charge in [-0.3, -0.25) is 0 Å². The first-order chi connectivity index (χ1) is 9.99. The Morgan fingerprint density at radius 3 is 2.48 bits per heavy atom. The third-order valence-corrected chi connectivity index (χ3v) is 4.70. The van der Waals surface area contributed by atoms with Gasteiger partial charge in [0.05, 0.1) is 4.47 Å². The molecule has 0 bridgehead atoms. The lowest BCUT2D eigenvalue weighted by atomic mass is 10.0. The molecule has 2 aromatic carbocycles. The van der Waals surface area contributed by atoms with Crippen LogP contribution in [0.2, 0.25) is 0 Å². The first-order valence-electron chi connectivity index (χ1n) is 6.97. The van der Waals surface area contributed by atoms with Crippen LogP contribution >= 0.6 is 31.9 Å². The predicted octanol–water partition coefficient (Wildman–Crippen LogP) is 5.59. The van der Waals surface area contributed by atoms with Crippen molar-refractivity contribution in [2.75, 3.05) is 0 Å². The Labute approximate surface area is 143 Å². The van der Waals surface area contributed by atoms with Crippen LogP contribution in [0.1, 0.15) is 24.5 Å². The van der Waals surface area contributed by atoms with E-state index in [2.05, 4.69) is 51.8 Å². The van der Waals surface area contributed by atoms with Crippen molar-refractivity contribution >= 4 is 31.9 Å². The minimum absolute atomic E-state index is 0.194. The average Bonchev–Trinajstić information content (AvgIpc) is 2.44. The molecule has 0 aliphatic rings. The smallest absolute Gasteiger partial charge is 0.141 e. The van der Waals surface area contributed by atoms with Crippen LogP contribution in [0.25, 0.3) is 0 Å². The zero-order chi connectivity index (χ0) is 15.4. The van der Waals surface area contributed by atoms with Gasteiger partial charge in [-0.25, -0.2) is 0 Å². The number of nitrogens with two attached hydrogens (primary N) is 1. The van der Waals surface area contributed by atoms with Crippen molar-refractivity contribution in [1.82, 2.24) is 0 Å². The normalized spacial score (nSPS) is 12.2. The quantitative estimate of drug-likeness (QED) is 0.694. The molecule has 2 aromatic rings. The van der Waals surface area contributed by atoms with Gasteiger partial charge in [-0.15, -0.1) is 0 Å². The standard InChI is InChI=1S/C17H19Br2NO/c1-3-13(20)9-12-5-6-14(10-15(12)18)21-17-7-4-11(2)8-16(17)19/h4-8,10,13H,3,9,20H2,1-2H3. The van der Waals surface area contributed by atoms with Crippen LogP contribution in [0.5, 0.6) is 11.5 Å². The second kappa shape index (κ2) is 7.43. The summed E-state index contributed by atoms with van der Waals surface area (Å²) in [5.41, 5.74) is 8.41. The summed E-state index contributed by atoms with van der Waals surface area (Å²) in [7, 11) is 0. The number of rotatable bonds is 5. The molecule has 2 rings (SSSR count). The molecule has 0 fully saturated rings. The molecule has 4 heteroatoms. The molecule has 21 heavy (non-hydrogen) atoms. The molecular formula is C17H19Br2NO. The van der Waals surface area contributed by atoms with E-state index in [-0.39, 0.29) is 6.04 Å². The maximum Gasteiger partial charge on any atom is 0.141 e. The molecule has 0 heterocycles. The van der Waals surface area contributed by atoms with Crippen molar-refractivity contribution < 1.29 is 4.74 Å². The monoisotopic (exact) mass is 411 g/mol. The Morgan fingerprint density at radius 2 is 1.86 bits per heavy atom. The fourth-order valence-corrected chi connectivity index (χ4v) is 3.09. The van der Waals surface area contributed by atoms with E-state index in [9.17, 15) is 0 Å². The van der Waals surface area contributed by atoms with E-state index >= 15 is 0 Å². The Morgan fingerprint density at radius 1 is 1.10 bits per heavy atom. The number of ether oxygens (including phenoxy) is 1. The highest BCUT2D eigenvalue weighted by molar-refractivity contribution is 9.10. The van der Waals surface area contributed by atoms with E-state index in [0.29, 0.717) is 0 Å². The lowest BCUT2D eigenvalue weighted by Crippen LogP contribution is -2.21. The van der Waals surface area contributed by atoms with Gasteiger partial charge >= 0.3 is 0 Å². The van der Waals surface area contributed by atoms with Gasteiger partial charge in [0.1, 0.15) is 11.5 Å². The topological polar surface area (TPSA) is 35.2 Å². The van der Waals surface area contributed by atoms with Gasteiger partial charge in [0.15, 0.2) is 0 Å². The van der Waals surface area contributed by atoms with Gasteiger partial charge in [-0.05, 0) is 71.1 Å². The second-order valence-corrected chi connectivity index (χ2v) is 6.87. The van der Waals surface area contributed by atoms with Crippen LogP contribution in [0.4, 0.5) is 0 Å². The lowest BCUT2D eigenvalue weighted by Gasteiger charge is -2.13. The Bertz CT molecular complexity index is 628. The van der Waals surface area contributed by atoms with Crippen molar-refractivity contribution in [2.45, 2.75) is 32.7 Å². The number of hydrogen-bond donors (Lipinski definition) is 1. The molecule has 2 N–H and O–H groups in total. The van der Waals surface area contributed by atoms with E-state index in [4.69, 9.17) is 10.5 Å². The van der Waals surface area contributed by atoms with Gasteiger partial charge in [0, 0.05) is 10.5 Å². The van der Waals surface area contributed by atoms with E-state index in [1.807, 2.05) is 30.3 Å². The molecule has 0 spiro atoms. The third-order valence-electron chi connectivity index (χ3n) is 3.35. The SMILES string of the molecule is CCC(N)Cc1ccc(Oc2ccc(C)cc2Br)cc1Br. The van der Waals surface area contributed by atoms with Crippen molar-refractivity contribution in [3.8, 4) is 11.5 Å². The van der Waals surface area contributed by atoms with Crippen molar-refractivity contribution in [1.29, 1.82) is 0 Å². The molecule has 112 valence electrons. The van der Waals surface area contributed by atoms with Crippen LogP contribution in [0, 0.1) is 6.92 Å². The maximum atomic E-state index is 6.01. The maximum absolute atomic E-state index is 6.01. The van der Waals surface area contributed by atoms with Crippen LogP contribution in [0.15, 0.2) is 45.3 Å². The van der Waals surface area contributed by atoms with E-state index in [1.165, 1.54) is 11.1 Å². The van der Waals surface area contributed by atoms with Crippen LogP contribution in [0.3, 0.4) is 0 Å². The molecule has 0 radical (unpaired) electrons. The highest BCUT2D eigenvalue weighted by atomic mass is 79.9. The van der Waals surface area contributed by atoms with Gasteiger partial charge < -0.3 is 10.5 Å². The van der Waals surface area contributed by atoms with E-state index in [1.54, 1.807) is 0 Å². The van der Waals surface area contributed by atoms with E-state index in [0.717, 1.165) is 33.3 Å². The van der Waals surface area contributed by atoms with Gasteiger partial charge in [0.25, 0.3) is 0 Å². The van der Waals surface area contributed by atoms with Crippen LogP contribution in [-0.2, 0) is 6.42 Å². The van der Waals surface area contributed by atoms with Gasteiger partial charge in [0.2, 0.25) is 0 Å². The highest BCUT2D eigenvalue weighted by Gasteiger charge is 2.08. The summed E-state index contributed by atoms with van der Waals surface area (Å²) in [5, 5.41) is 0. The first kappa shape index (κ1) is 16.5. The highest BCUT2D eigenvalue weighted by Crippen LogP contribution is 2.32. The minimum Gasteiger partial charge on any atom is -0.456 e. The summed E-state index contributed by atoms with van der Waals surface area (Å²) >= 11 is 7.13. The zero-order valence-electron chi connectivity index (χ0n) is 12.2. The second-order valence-electron chi connectivity index (χ2n) is 5.16. The summed E-state index contributed by atoms with van der Waals surface area (Å²) in [5.74, 6) is 1.62. The fourth-order valence-electron chi connectivity index (χ4n) is 2.00. The molecule has 0 aromatic heterocycles. The Balaban J connectivity index is 2.16. The Hall–Kier alpha value is -0.840. The molecular weight excluding hydrogens is 394 g/mol. The number of halogens is 2. The third kappa shape index (κ3) is 4.56. The predicted molar refractivity (Wildman–Crippen MR) is 95.1 cm³/mol. The average molecular weight is 413 g/mol. The summed E-state index contributed by atoms with van der Waals surface area (Å²) in [4.78, 5) is 0. The summed E-state index contributed by atoms with van der Waals surface area (Å²) in [6.45, 7) is 4.15. The molecule has 1 unspecified atom stereocenters. The van der Waals surface area contributed by atoms with Gasteiger partial charge in [-0.2, -0.15) is 0 Å². The number of benzene rings is 2. The lowest BCUT2D eigenvalue weighted by molar-refractivity contribution is 0.478. The summed E-state index contributed by atoms with van der Waals surface area (Å²) in [6.07, 6.45) is 1.84. The summed E-state index contributed by atoms with van der Waals surface area (Å²) < 4.78 is 7.91. The Kier molecular flexibility index (Phi) is 5.85. The largest absolute Gasteiger partial charge is 0.456 e. The molecule has 0 aliphatic carbocycles. The molecule has 1 atom stereocenters. The van der Waals surface area contributed by atoms with E-state index < -0.39 is 0 Å². The fraction of sp³-hybridized carbons (Fsp3) is 0.294. The van der Waals surface area contributed by atoms with Crippen LogP contribution < -0.4 is 10.5 Å². The van der Waals surface area contributed by atoms with Crippen molar-refractivity contribution in [3.05, 3.63) is 56.5 Å².